The maximum atomic E-state index is 13.2. The van der Waals surface area contributed by atoms with Gasteiger partial charge in [-0.25, -0.2) is 12.8 Å². The highest BCUT2D eigenvalue weighted by atomic mass is 32.2. The van der Waals surface area contributed by atoms with Crippen LogP contribution in [0.3, 0.4) is 0 Å². The Balaban J connectivity index is 2.27. The number of halogens is 4. The summed E-state index contributed by atoms with van der Waals surface area (Å²) in [5.41, 5.74) is -0.529. The first-order valence-corrected chi connectivity index (χ1v) is 8.29. The molecule has 1 amide bonds. The molecule has 0 fully saturated rings. The van der Waals surface area contributed by atoms with E-state index in [0.29, 0.717) is 0 Å². The van der Waals surface area contributed by atoms with Gasteiger partial charge in [0.1, 0.15) is 12.4 Å². The Morgan fingerprint density at radius 1 is 1.04 bits per heavy atom. The molecule has 5 nitrogen and oxygen atoms in total. The minimum Gasteiger partial charge on any atom is -0.343 e. The summed E-state index contributed by atoms with van der Waals surface area (Å²) in [4.78, 5) is 11.5. The van der Waals surface area contributed by atoms with E-state index in [1.807, 2.05) is 0 Å². The van der Waals surface area contributed by atoms with Gasteiger partial charge in [0.25, 0.3) is 15.9 Å². The number of rotatable bonds is 5. The van der Waals surface area contributed by atoms with Gasteiger partial charge in [-0.15, -0.1) is 0 Å². The first-order chi connectivity index (χ1) is 11.6. The molecule has 0 saturated carbocycles. The molecule has 0 atom stereocenters. The summed E-state index contributed by atoms with van der Waals surface area (Å²) in [7, 11) is -4.23. The number of sulfonamides is 1. The molecule has 0 aliphatic heterocycles. The number of alkyl halides is 3. The lowest BCUT2D eigenvalue weighted by molar-refractivity contribution is -0.123. The Labute approximate surface area is 140 Å². The van der Waals surface area contributed by atoms with Gasteiger partial charge in [0.2, 0.25) is 0 Å². The number of benzene rings is 2. The van der Waals surface area contributed by atoms with Gasteiger partial charge in [0.05, 0.1) is 16.1 Å². The van der Waals surface area contributed by atoms with Crippen molar-refractivity contribution in [3.8, 4) is 0 Å². The Bertz CT molecular complexity index is 882. The topological polar surface area (TPSA) is 75.3 Å². The van der Waals surface area contributed by atoms with Crippen molar-refractivity contribution in [3.63, 3.8) is 0 Å². The molecule has 0 aliphatic carbocycles. The van der Waals surface area contributed by atoms with Crippen LogP contribution in [0.1, 0.15) is 10.4 Å². The zero-order valence-corrected chi connectivity index (χ0v) is 13.3. The number of carbonyl (C=O) groups excluding carboxylic acids is 1. The van der Waals surface area contributed by atoms with Crippen molar-refractivity contribution in [2.45, 2.75) is 11.1 Å². The van der Waals surface area contributed by atoms with Crippen LogP contribution in [-0.4, -0.2) is 27.0 Å². The molecule has 2 N–H and O–H groups in total. The predicted molar refractivity (Wildman–Crippen MR) is 82.0 cm³/mol. The highest BCUT2D eigenvalue weighted by Gasteiger charge is 2.28. The summed E-state index contributed by atoms with van der Waals surface area (Å²) in [6.45, 7) is -1.56. The number of nitrogens with one attached hydrogen (secondary N) is 2. The molecular weight excluding hydrogens is 364 g/mol. The second-order valence-electron chi connectivity index (χ2n) is 4.91. The molecule has 2 aromatic carbocycles. The fourth-order valence-corrected chi connectivity index (χ4v) is 2.99. The van der Waals surface area contributed by atoms with Crippen LogP contribution in [0.15, 0.2) is 53.4 Å². The van der Waals surface area contributed by atoms with Crippen molar-refractivity contribution in [1.82, 2.24) is 5.32 Å². The lowest BCUT2D eigenvalue weighted by Gasteiger charge is -2.13. The molecule has 0 bridgehead atoms. The smallest absolute Gasteiger partial charge is 0.343 e. The van der Waals surface area contributed by atoms with E-state index in [9.17, 15) is 30.8 Å². The largest absolute Gasteiger partial charge is 0.405 e. The molecule has 0 radical (unpaired) electrons. The van der Waals surface area contributed by atoms with Crippen molar-refractivity contribution in [1.29, 1.82) is 0 Å². The Hall–Kier alpha value is -2.62. The lowest BCUT2D eigenvalue weighted by atomic mass is 10.1. The predicted octanol–water partition coefficient (Wildman–Crippen LogP) is 2.92. The summed E-state index contributed by atoms with van der Waals surface area (Å²) >= 11 is 0. The molecule has 2 aromatic rings. The van der Waals surface area contributed by atoms with E-state index in [4.69, 9.17) is 0 Å². The van der Waals surface area contributed by atoms with E-state index in [1.54, 1.807) is 5.32 Å². The van der Waals surface area contributed by atoms with Gasteiger partial charge in [-0.2, -0.15) is 13.2 Å². The number of amides is 1. The van der Waals surface area contributed by atoms with Crippen molar-refractivity contribution < 1.29 is 30.8 Å². The molecular formula is C15H12F4N2O3S. The third-order valence-electron chi connectivity index (χ3n) is 2.97. The van der Waals surface area contributed by atoms with Crippen LogP contribution in [0.2, 0.25) is 0 Å². The number of carbonyl (C=O) groups is 1. The number of anilines is 1. The quantitative estimate of drug-likeness (QED) is 0.788. The Kier molecular flexibility index (Phi) is 5.31. The zero-order valence-electron chi connectivity index (χ0n) is 12.5. The summed E-state index contributed by atoms with van der Waals surface area (Å²) in [6, 6.07) is 9.27. The monoisotopic (exact) mass is 376 g/mol. The van der Waals surface area contributed by atoms with Crippen molar-refractivity contribution >= 4 is 21.6 Å². The molecule has 2 rings (SSSR count). The SMILES string of the molecule is O=C(NCC(F)(F)F)c1ccccc1NS(=O)(=O)c1cccc(F)c1. The van der Waals surface area contributed by atoms with Gasteiger partial charge in [0, 0.05) is 0 Å². The summed E-state index contributed by atoms with van der Waals surface area (Å²) in [6.07, 6.45) is -4.61. The second kappa shape index (κ2) is 7.09. The standard InChI is InChI=1S/C15H12F4N2O3S/c16-10-4-3-5-11(8-10)25(23,24)21-13-7-2-1-6-12(13)14(22)20-9-15(17,18)19/h1-8,21H,9H2,(H,20,22). The normalized spacial score (nSPS) is 11.8. The minimum absolute atomic E-state index is 0.230. The maximum Gasteiger partial charge on any atom is 0.405 e. The molecule has 0 aromatic heterocycles. The van der Waals surface area contributed by atoms with E-state index in [-0.39, 0.29) is 11.3 Å². The molecule has 0 unspecified atom stereocenters. The van der Waals surface area contributed by atoms with Gasteiger partial charge in [-0.3, -0.25) is 9.52 Å². The van der Waals surface area contributed by atoms with E-state index in [1.165, 1.54) is 24.3 Å². The maximum absolute atomic E-state index is 13.2. The molecule has 0 heterocycles. The highest BCUT2D eigenvalue weighted by molar-refractivity contribution is 7.92. The summed E-state index contributed by atoms with van der Waals surface area (Å²) < 4.78 is 76.4. The van der Waals surface area contributed by atoms with Gasteiger partial charge in [0.15, 0.2) is 0 Å². The van der Waals surface area contributed by atoms with Crippen LogP contribution in [-0.2, 0) is 10.0 Å². The highest BCUT2D eigenvalue weighted by Crippen LogP contribution is 2.21. The number of para-hydroxylation sites is 1. The fraction of sp³-hybridized carbons (Fsp3) is 0.133. The van der Waals surface area contributed by atoms with Crippen LogP contribution in [0, 0.1) is 5.82 Å². The zero-order chi connectivity index (χ0) is 18.7. The van der Waals surface area contributed by atoms with Crippen LogP contribution in [0.4, 0.5) is 23.2 Å². The van der Waals surface area contributed by atoms with E-state index in [2.05, 4.69) is 4.72 Å². The molecule has 134 valence electrons. The summed E-state index contributed by atoms with van der Waals surface area (Å²) in [5, 5.41) is 1.66. The number of hydrogen-bond donors (Lipinski definition) is 2. The first-order valence-electron chi connectivity index (χ1n) is 6.81. The van der Waals surface area contributed by atoms with Crippen LogP contribution in [0.5, 0.6) is 0 Å². The fourth-order valence-electron chi connectivity index (χ4n) is 1.88. The van der Waals surface area contributed by atoms with E-state index in [0.717, 1.165) is 24.3 Å². The third kappa shape index (κ3) is 5.18. The second-order valence-corrected chi connectivity index (χ2v) is 6.59. The van der Waals surface area contributed by atoms with Crippen molar-refractivity contribution in [2.24, 2.45) is 0 Å². The lowest BCUT2D eigenvalue weighted by Crippen LogP contribution is -2.34. The van der Waals surface area contributed by atoms with Crippen LogP contribution < -0.4 is 10.0 Å². The average molecular weight is 376 g/mol. The Morgan fingerprint density at radius 2 is 1.72 bits per heavy atom. The van der Waals surface area contributed by atoms with Gasteiger partial charge < -0.3 is 5.32 Å². The molecule has 25 heavy (non-hydrogen) atoms. The van der Waals surface area contributed by atoms with Crippen molar-refractivity contribution in [2.75, 3.05) is 11.3 Å². The third-order valence-corrected chi connectivity index (χ3v) is 4.33. The van der Waals surface area contributed by atoms with Crippen LogP contribution >= 0.6 is 0 Å². The van der Waals surface area contributed by atoms with E-state index >= 15 is 0 Å². The van der Waals surface area contributed by atoms with Gasteiger partial charge in [-0.05, 0) is 30.3 Å². The molecule has 0 spiro atoms. The Morgan fingerprint density at radius 3 is 2.36 bits per heavy atom. The molecule has 0 saturated heterocycles. The first kappa shape index (κ1) is 18.7. The van der Waals surface area contributed by atoms with Gasteiger partial charge >= 0.3 is 6.18 Å². The molecule has 10 heteroatoms. The van der Waals surface area contributed by atoms with Crippen LogP contribution in [0.25, 0.3) is 0 Å². The van der Waals surface area contributed by atoms with Gasteiger partial charge in [-0.1, -0.05) is 18.2 Å². The number of hydrogen-bond acceptors (Lipinski definition) is 3. The van der Waals surface area contributed by atoms with Crippen molar-refractivity contribution in [3.05, 3.63) is 59.9 Å². The molecule has 0 aliphatic rings. The van der Waals surface area contributed by atoms with E-state index < -0.39 is 39.4 Å². The average Bonchev–Trinajstić information content (AvgIpc) is 2.52. The minimum atomic E-state index is -4.61. The summed E-state index contributed by atoms with van der Waals surface area (Å²) in [5.74, 6) is -1.88.